The van der Waals surface area contributed by atoms with Crippen molar-refractivity contribution in [2.45, 2.75) is 13.5 Å². The smallest absolute Gasteiger partial charge is 0.105 e. The van der Waals surface area contributed by atoms with Crippen molar-refractivity contribution in [1.29, 1.82) is 0 Å². The van der Waals surface area contributed by atoms with E-state index in [1.807, 2.05) is 6.20 Å². The minimum absolute atomic E-state index is 0. The van der Waals surface area contributed by atoms with Crippen LogP contribution in [0.5, 0.6) is 0 Å². The maximum atomic E-state index is 4.24. The van der Waals surface area contributed by atoms with Crippen LogP contribution < -0.4 is 5.32 Å². The van der Waals surface area contributed by atoms with Gasteiger partial charge in [0.05, 0.1) is 0 Å². The van der Waals surface area contributed by atoms with E-state index in [4.69, 9.17) is 0 Å². The number of hydrogen-bond acceptors (Lipinski definition) is 2. The van der Waals surface area contributed by atoms with Crippen molar-refractivity contribution >= 4 is 12.4 Å². The van der Waals surface area contributed by atoms with E-state index in [-0.39, 0.29) is 12.4 Å². The van der Waals surface area contributed by atoms with E-state index in [1.165, 1.54) is 19.6 Å². The number of nitrogens with zero attached hydrogens (tertiary/aromatic N) is 2. The molecule has 14 heavy (non-hydrogen) atoms. The van der Waals surface area contributed by atoms with Crippen LogP contribution in [0, 0.1) is 24.7 Å². The second-order valence-electron chi connectivity index (χ2n) is 4.28. The number of fused-ring (bicyclic) bond motifs is 1. The van der Waals surface area contributed by atoms with Crippen molar-refractivity contribution in [3.05, 3.63) is 18.2 Å². The number of piperidine rings is 1. The molecular formula is C10H16ClN3. The Labute approximate surface area is 90.3 Å². The van der Waals surface area contributed by atoms with Crippen LogP contribution in [0.4, 0.5) is 0 Å². The van der Waals surface area contributed by atoms with Crippen LogP contribution in [0.1, 0.15) is 5.82 Å². The molecule has 4 heteroatoms. The lowest BCUT2D eigenvalue weighted by molar-refractivity contribution is 0.509. The summed E-state index contributed by atoms with van der Waals surface area (Å²) in [5.41, 5.74) is 0. The number of halogens is 1. The van der Waals surface area contributed by atoms with Crippen LogP contribution >= 0.6 is 12.4 Å². The molecule has 1 aliphatic carbocycles. The van der Waals surface area contributed by atoms with Crippen LogP contribution in [-0.2, 0) is 6.54 Å². The molecular weight excluding hydrogens is 198 g/mol. The highest BCUT2D eigenvalue weighted by Gasteiger charge is 2.52. The molecule has 0 amide bonds. The van der Waals surface area contributed by atoms with E-state index in [1.54, 1.807) is 0 Å². The molecule has 2 heterocycles. The van der Waals surface area contributed by atoms with Crippen molar-refractivity contribution < 1.29 is 0 Å². The van der Waals surface area contributed by atoms with Gasteiger partial charge in [-0.1, -0.05) is 0 Å². The summed E-state index contributed by atoms with van der Waals surface area (Å²) in [5.74, 6) is 4.00. The Morgan fingerprint density at radius 1 is 1.50 bits per heavy atom. The van der Waals surface area contributed by atoms with Crippen LogP contribution in [0.2, 0.25) is 0 Å². The van der Waals surface area contributed by atoms with Gasteiger partial charge in [-0.15, -0.1) is 12.4 Å². The Bertz CT molecular complexity index is 313. The zero-order valence-corrected chi connectivity index (χ0v) is 9.13. The van der Waals surface area contributed by atoms with E-state index in [0.717, 1.165) is 23.6 Å². The van der Waals surface area contributed by atoms with Gasteiger partial charge in [0.25, 0.3) is 0 Å². The first-order valence-corrected chi connectivity index (χ1v) is 5.05. The monoisotopic (exact) mass is 213 g/mol. The van der Waals surface area contributed by atoms with Gasteiger partial charge in [0, 0.05) is 18.9 Å². The molecule has 2 atom stereocenters. The maximum Gasteiger partial charge on any atom is 0.105 e. The Kier molecular flexibility index (Phi) is 2.54. The van der Waals surface area contributed by atoms with Crippen molar-refractivity contribution in [3.63, 3.8) is 0 Å². The van der Waals surface area contributed by atoms with Gasteiger partial charge in [0.1, 0.15) is 5.82 Å². The van der Waals surface area contributed by atoms with Gasteiger partial charge in [-0.3, -0.25) is 0 Å². The number of aromatic nitrogens is 2. The summed E-state index contributed by atoms with van der Waals surface area (Å²) in [6.45, 7) is 5.74. The molecule has 1 aromatic rings. The number of rotatable bonds is 2. The van der Waals surface area contributed by atoms with E-state index in [2.05, 4.69) is 28.0 Å². The second-order valence-corrected chi connectivity index (χ2v) is 4.28. The molecule has 1 saturated heterocycles. The Morgan fingerprint density at radius 2 is 2.21 bits per heavy atom. The zero-order chi connectivity index (χ0) is 8.84. The number of imidazole rings is 1. The molecule has 0 spiro atoms. The first-order chi connectivity index (χ1) is 6.36. The van der Waals surface area contributed by atoms with Gasteiger partial charge in [-0.2, -0.15) is 0 Å². The second kappa shape index (κ2) is 3.55. The molecule has 1 aromatic heterocycles. The van der Waals surface area contributed by atoms with Crippen LogP contribution in [0.3, 0.4) is 0 Å². The average molecular weight is 214 g/mol. The lowest BCUT2D eigenvalue weighted by Crippen LogP contribution is -2.17. The first kappa shape index (κ1) is 9.99. The Balaban J connectivity index is 0.000000750. The molecule has 1 N–H and O–H groups in total. The SMILES string of the molecule is Cc1nccn1CC1C2CNCC21.Cl. The zero-order valence-electron chi connectivity index (χ0n) is 8.31. The standard InChI is InChI=1S/C10H15N3.ClH/c1-7-12-2-3-13(7)6-10-8-4-11-5-9(8)10;/h2-3,8-11H,4-6H2,1H3;1H. The maximum absolute atomic E-state index is 4.24. The fourth-order valence-electron chi connectivity index (χ4n) is 2.64. The van der Waals surface area contributed by atoms with Crippen LogP contribution in [-0.4, -0.2) is 22.6 Å². The fourth-order valence-corrected chi connectivity index (χ4v) is 2.64. The lowest BCUT2D eigenvalue weighted by atomic mass is 10.3. The van der Waals surface area contributed by atoms with Gasteiger partial charge in [0.2, 0.25) is 0 Å². The van der Waals surface area contributed by atoms with Gasteiger partial charge < -0.3 is 9.88 Å². The Morgan fingerprint density at radius 3 is 2.79 bits per heavy atom. The van der Waals surface area contributed by atoms with Gasteiger partial charge in [-0.25, -0.2) is 4.98 Å². The minimum Gasteiger partial charge on any atom is -0.335 e. The van der Waals surface area contributed by atoms with Gasteiger partial charge in [-0.05, 0) is 37.8 Å². The van der Waals surface area contributed by atoms with E-state index < -0.39 is 0 Å². The molecule has 3 nitrogen and oxygen atoms in total. The normalized spacial score (nSPS) is 33.6. The van der Waals surface area contributed by atoms with Gasteiger partial charge >= 0.3 is 0 Å². The average Bonchev–Trinajstić information content (AvgIpc) is 2.57. The predicted octanol–water partition coefficient (Wildman–Crippen LogP) is 1.08. The predicted molar refractivity (Wildman–Crippen MR) is 57.6 cm³/mol. The summed E-state index contributed by atoms with van der Waals surface area (Å²) >= 11 is 0. The Hall–Kier alpha value is -0.540. The number of nitrogens with one attached hydrogen (secondary N) is 1. The fraction of sp³-hybridized carbons (Fsp3) is 0.700. The van der Waals surface area contributed by atoms with Crippen molar-refractivity contribution in [3.8, 4) is 0 Å². The minimum atomic E-state index is 0. The highest BCUT2D eigenvalue weighted by Crippen LogP contribution is 2.49. The molecule has 2 aliphatic rings. The van der Waals surface area contributed by atoms with E-state index in [9.17, 15) is 0 Å². The van der Waals surface area contributed by atoms with E-state index >= 15 is 0 Å². The largest absolute Gasteiger partial charge is 0.335 e. The molecule has 0 radical (unpaired) electrons. The molecule has 0 aromatic carbocycles. The quantitative estimate of drug-likeness (QED) is 0.797. The highest BCUT2D eigenvalue weighted by molar-refractivity contribution is 5.85. The first-order valence-electron chi connectivity index (χ1n) is 5.05. The summed E-state index contributed by atoms with van der Waals surface area (Å²) in [6.07, 6.45) is 3.99. The van der Waals surface area contributed by atoms with Crippen molar-refractivity contribution in [2.75, 3.05) is 13.1 Å². The highest BCUT2D eigenvalue weighted by atomic mass is 35.5. The molecule has 1 saturated carbocycles. The molecule has 78 valence electrons. The van der Waals surface area contributed by atoms with Crippen molar-refractivity contribution in [2.24, 2.45) is 17.8 Å². The summed E-state index contributed by atoms with van der Waals surface area (Å²) in [4.78, 5) is 4.24. The summed E-state index contributed by atoms with van der Waals surface area (Å²) in [7, 11) is 0. The molecule has 1 aliphatic heterocycles. The molecule has 2 unspecified atom stereocenters. The lowest BCUT2D eigenvalue weighted by Gasteiger charge is -2.06. The molecule has 0 bridgehead atoms. The van der Waals surface area contributed by atoms with Gasteiger partial charge in [0.15, 0.2) is 0 Å². The third kappa shape index (κ3) is 1.44. The third-order valence-electron chi connectivity index (χ3n) is 3.60. The topological polar surface area (TPSA) is 29.9 Å². The van der Waals surface area contributed by atoms with Crippen LogP contribution in [0.25, 0.3) is 0 Å². The summed E-state index contributed by atoms with van der Waals surface area (Å²) in [5, 5.41) is 3.42. The molecule has 3 rings (SSSR count). The summed E-state index contributed by atoms with van der Waals surface area (Å²) < 4.78 is 2.28. The third-order valence-corrected chi connectivity index (χ3v) is 3.60. The van der Waals surface area contributed by atoms with E-state index in [0.29, 0.717) is 0 Å². The van der Waals surface area contributed by atoms with Crippen LogP contribution in [0.15, 0.2) is 12.4 Å². The van der Waals surface area contributed by atoms with Crippen molar-refractivity contribution in [1.82, 2.24) is 14.9 Å². The summed E-state index contributed by atoms with van der Waals surface area (Å²) in [6, 6.07) is 0. The number of aryl methyl sites for hydroxylation is 1. The number of hydrogen-bond donors (Lipinski definition) is 1. The molecule has 2 fully saturated rings.